The summed E-state index contributed by atoms with van der Waals surface area (Å²) >= 11 is 0. The number of piperazine rings is 3. The van der Waals surface area contributed by atoms with Gasteiger partial charge in [-0.05, 0) is 26.8 Å². The Bertz CT molecular complexity index is 687. The van der Waals surface area contributed by atoms with Gasteiger partial charge in [0, 0.05) is 57.3 Å². The van der Waals surface area contributed by atoms with Crippen LogP contribution in [0.4, 0.5) is 0 Å². The highest BCUT2D eigenvalue weighted by molar-refractivity contribution is 14.0. The molecule has 7 heteroatoms. The van der Waals surface area contributed by atoms with Crippen molar-refractivity contribution >= 4 is 29.9 Å². The summed E-state index contributed by atoms with van der Waals surface area (Å²) in [6.45, 7) is 14.1. The van der Waals surface area contributed by atoms with E-state index in [-0.39, 0.29) is 35.6 Å². The normalized spacial score (nSPS) is 30.6. The van der Waals surface area contributed by atoms with Crippen LogP contribution in [0.15, 0.2) is 29.3 Å². The van der Waals surface area contributed by atoms with Gasteiger partial charge in [-0.15, -0.1) is 24.0 Å². The van der Waals surface area contributed by atoms with Crippen LogP contribution in [0.25, 0.3) is 0 Å². The number of rotatable bonds is 4. The number of guanidine groups is 1. The summed E-state index contributed by atoms with van der Waals surface area (Å²) in [5.74, 6) is 1.89. The van der Waals surface area contributed by atoms with Crippen molar-refractivity contribution in [1.82, 2.24) is 20.4 Å². The maximum absolute atomic E-state index is 6.17. The van der Waals surface area contributed by atoms with Gasteiger partial charge in [0.25, 0.3) is 0 Å². The van der Waals surface area contributed by atoms with Gasteiger partial charge in [-0.3, -0.25) is 14.8 Å². The smallest absolute Gasteiger partial charge is 0.191 e. The molecule has 2 N–H and O–H groups in total. The molecule has 2 bridgehead atoms. The molecule has 6 nitrogen and oxygen atoms in total. The van der Waals surface area contributed by atoms with Gasteiger partial charge in [-0.25, -0.2) is 0 Å². The van der Waals surface area contributed by atoms with E-state index < -0.39 is 0 Å². The molecule has 0 spiro atoms. The Kier molecular flexibility index (Phi) is 7.09. The number of benzene rings is 1. The van der Waals surface area contributed by atoms with Crippen molar-refractivity contribution < 1.29 is 4.74 Å². The van der Waals surface area contributed by atoms with E-state index in [4.69, 9.17) is 9.73 Å². The van der Waals surface area contributed by atoms with Crippen LogP contribution in [0.1, 0.15) is 38.8 Å². The van der Waals surface area contributed by atoms with Crippen LogP contribution < -0.4 is 15.4 Å². The molecular formula is C21H34IN5O. The predicted octanol–water partition coefficient (Wildman–Crippen LogP) is 2.46. The van der Waals surface area contributed by atoms with Crippen LogP contribution >= 0.6 is 24.0 Å². The summed E-state index contributed by atoms with van der Waals surface area (Å²) < 4.78 is 6.17. The molecule has 1 aromatic carbocycles. The van der Waals surface area contributed by atoms with Crippen LogP contribution in [-0.4, -0.2) is 73.2 Å². The Morgan fingerprint density at radius 2 is 1.96 bits per heavy atom. The summed E-state index contributed by atoms with van der Waals surface area (Å²) in [6.07, 6.45) is 0.914. The molecular weight excluding hydrogens is 465 g/mol. The number of fused-ring (bicyclic) bond motifs is 4. The molecule has 5 rings (SSSR count). The lowest BCUT2D eigenvalue weighted by atomic mass is 9.90. The van der Waals surface area contributed by atoms with E-state index in [0.717, 1.165) is 37.8 Å². The molecule has 0 amide bonds. The number of hydrogen-bond donors (Lipinski definition) is 2. The minimum Gasteiger partial charge on any atom is -0.487 e. The van der Waals surface area contributed by atoms with E-state index in [9.17, 15) is 0 Å². The van der Waals surface area contributed by atoms with Crippen LogP contribution in [-0.2, 0) is 0 Å². The number of aliphatic imine (C=N–C) groups is 1. The van der Waals surface area contributed by atoms with Gasteiger partial charge in [0.1, 0.15) is 11.4 Å². The van der Waals surface area contributed by atoms with E-state index >= 15 is 0 Å². The Morgan fingerprint density at radius 3 is 2.64 bits per heavy atom. The first-order valence-corrected chi connectivity index (χ1v) is 10.3. The van der Waals surface area contributed by atoms with Crippen molar-refractivity contribution in [2.45, 2.75) is 44.9 Å². The predicted molar refractivity (Wildman–Crippen MR) is 125 cm³/mol. The molecule has 156 valence electrons. The second kappa shape index (κ2) is 9.17. The summed E-state index contributed by atoms with van der Waals surface area (Å²) in [6, 6.07) is 9.09. The fourth-order valence-electron chi connectivity index (χ4n) is 4.51. The fraction of sp³-hybridized carbons (Fsp3) is 0.667. The van der Waals surface area contributed by atoms with Crippen LogP contribution in [0, 0.1) is 0 Å². The molecule has 4 aliphatic rings. The zero-order valence-corrected chi connectivity index (χ0v) is 19.6. The molecule has 1 aromatic rings. The number of nitrogens with zero attached hydrogens (tertiary/aromatic N) is 3. The molecule has 0 aromatic heterocycles. The highest BCUT2D eigenvalue weighted by atomic mass is 127. The van der Waals surface area contributed by atoms with Crippen LogP contribution in [0.2, 0.25) is 0 Å². The SMILES string of the molecule is CCNC(=NCC1CN2CCN1CC2)NC1CC(C)(C)Oc2ccccc21.I. The first kappa shape index (κ1) is 21.6. The van der Waals surface area contributed by atoms with Crippen molar-refractivity contribution in [2.75, 3.05) is 45.8 Å². The number of halogens is 1. The summed E-state index contributed by atoms with van der Waals surface area (Å²) in [5, 5.41) is 7.12. The third kappa shape index (κ3) is 4.91. The highest BCUT2D eigenvalue weighted by Gasteiger charge is 2.34. The van der Waals surface area contributed by atoms with E-state index in [1.807, 2.05) is 6.07 Å². The average molecular weight is 499 g/mol. The Labute approximate surface area is 186 Å². The number of nitrogens with one attached hydrogen (secondary N) is 2. The third-order valence-corrected chi connectivity index (χ3v) is 5.88. The van der Waals surface area contributed by atoms with Crippen molar-refractivity contribution in [3.8, 4) is 5.75 Å². The van der Waals surface area contributed by atoms with E-state index in [1.54, 1.807) is 0 Å². The van der Waals surface area contributed by atoms with Gasteiger partial charge < -0.3 is 15.4 Å². The Balaban J connectivity index is 0.00000225. The summed E-state index contributed by atoms with van der Waals surface area (Å²) in [4.78, 5) is 10.1. The van der Waals surface area contributed by atoms with Crippen molar-refractivity contribution in [3.63, 3.8) is 0 Å². The van der Waals surface area contributed by atoms with Crippen LogP contribution in [0.3, 0.4) is 0 Å². The van der Waals surface area contributed by atoms with Gasteiger partial charge in [-0.1, -0.05) is 18.2 Å². The fourth-order valence-corrected chi connectivity index (χ4v) is 4.51. The molecule has 4 heterocycles. The number of ether oxygens (including phenoxy) is 1. The zero-order valence-electron chi connectivity index (χ0n) is 17.3. The topological polar surface area (TPSA) is 52.1 Å². The maximum atomic E-state index is 6.17. The lowest BCUT2D eigenvalue weighted by Crippen LogP contribution is -2.62. The average Bonchev–Trinajstić information content (AvgIpc) is 2.66. The molecule has 2 unspecified atom stereocenters. The minimum absolute atomic E-state index is 0. The van der Waals surface area contributed by atoms with E-state index in [0.29, 0.717) is 6.04 Å². The summed E-state index contributed by atoms with van der Waals surface area (Å²) in [5.41, 5.74) is 1.03. The Hall–Kier alpha value is -1.06. The van der Waals surface area contributed by atoms with E-state index in [1.165, 1.54) is 31.7 Å². The molecule has 3 fully saturated rings. The Morgan fingerprint density at radius 1 is 1.21 bits per heavy atom. The van der Waals surface area contributed by atoms with E-state index in [2.05, 4.69) is 59.4 Å². The second-order valence-electron chi connectivity index (χ2n) is 8.51. The second-order valence-corrected chi connectivity index (χ2v) is 8.51. The largest absolute Gasteiger partial charge is 0.487 e. The van der Waals surface area contributed by atoms with Crippen molar-refractivity contribution in [3.05, 3.63) is 29.8 Å². The summed E-state index contributed by atoms with van der Waals surface area (Å²) in [7, 11) is 0. The molecule has 3 saturated heterocycles. The molecule has 0 aliphatic carbocycles. The molecule has 0 saturated carbocycles. The van der Waals surface area contributed by atoms with Crippen molar-refractivity contribution in [2.24, 2.45) is 4.99 Å². The lowest BCUT2D eigenvalue weighted by Gasteiger charge is -2.47. The zero-order chi connectivity index (χ0) is 18.9. The lowest BCUT2D eigenvalue weighted by molar-refractivity contribution is 0.0174. The molecule has 0 radical (unpaired) electrons. The standard InChI is InChI=1S/C21H33N5O.HI/c1-4-22-20(23-14-16-15-25-9-11-26(16)12-10-25)24-18-13-21(2,3)27-19-8-6-5-7-17(18)19;/h5-8,16,18H,4,9-15H2,1-3H3,(H2,22,23,24);1H. The number of para-hydroxylation sites is 1. The quantitative estimate of drug-likeness (QED) is 0.379. The first-order valence-electron chi connectivity index (χ1n) is 10.3. The number of hydrogen-bond acceptors (Lipinski definition) is 4. The minimum atomic E-state index is -0.190. The first-order chi connectivity index (χ1) is 13.0. The van der Waals surface area contributed by atoms with Gasteiger partial charge >= 0.3 is 0 Å². The molecule has 2 atom stereocenters. The molecule has 4 aliphatic heterocycles. The van der Waals surface area contributed by atoms with Gasteiger partial charge in [-0.2, -0.15) is 0 Å². The maximum Gasteiger partial charge on any atom is 0.191 e. The third-order valence-electron chi connectivity index (χ3n) is 5.88. The molecule has 28 heavy (non-hydrogen) atoms. The van der Waals surface area contributed by atoms with Gasteiger partial charge in [0.05, 0.1) is 12.6 Å². The highest BCUT2D eigenvalue weighted by Crippen LogP contribution is 2.39. The van der Waals surface area contributed by atoms with Gasteiger partial charge in [0.2, 0.25) is 0 Å². The van der Waals surface area contributed by atoms with Crippen molar-refractivity contribution in [1.29, 1.82) is 0 Å². The monoisotopic (exact) mass is 499 g/mol. The van der Waals surface area contributed by atoms with Gasteiger partial charge in [0.15, 0.2) is 5.96 Å². The van der Waals surface area contributed by atoms with Crippen LogP contribution in [0.5, 0.6) is 5.75 Å².